The van der Waals surface area contributed by atoms with Gasteiger partial charge >= 0.3 is 0 Å². The number of aromatic nitrogens is 2. The molecule has 152 valence electrons. The second-order valence-corrected chi connectivity index (χ2v) is 7.89. The van der Waals surface area contributed by atoms with Crippen LogP contribution in [0.3, 0.4) is 0 Å². The SMILES string of the molecule is Clc1ccc(-c2ccc(C#Cc3ccc(NCCN4CCCCC4)nc3)nc2)cc1. The van der Waals surface area contributed by atoms with Gasteiger partial charge in [0, 0.05) is 41.6 Å². The number of anilines is 1. The molecule has 1 aliphatic heterocycles. The van der Waals surface area contributed by atoms with Crippen LogP contribution in [0.2, 0.25) is 5.02 Å². The van der Waals surface area contributed by atoms with E-state index in [9.17, 15) is 0 Å². The molecule has 1 saturated heterocycles. The first-order valence-electron chi connectivity index (χ1n) is 10.4. The maximum Gasteiger partial charge on any atom is 0.126 e. The number of halogens is 1. The Morgan fingerprint density at radius 1 is 0.833 bits per heavy atom. The van der Waals surface area contributed by atoms with Gasteiger partial charge in [-0.2, -0.15) is 0 Å². The number of benzene rings is 1. The van der Waals surface area contributed by atoms with Gasteiger partial charge in [0.25, 0.3) is 0 Å². The number of rotatable bonds is 5. The highest BCUT2D eigenvalue weighted by Gasteiger charge is 2.08. The number of hydrogen-bond donors (Lipinski definition) is 1. The lowest BCUT2D eigenvalue weighted by molar-refractivity contribution is 0.237. The van der Waals surface area contributed by atoms with Crippen LogP contribution in [0.5, 0.6) is 0 Å². The van der Waals surface area contributed by atoms with E-state index in [1.54, 1.807) is 6.20 Å². The van der Waals surface area contributed by atoms with E-state index in [1.165, 1.54) is 32.4 Å². The molecule has 30 heavy (non-hydrogen) atoms. The number of likely N-dealkylation sites (tertiary alicyclic amines) is 1. The van der Waals surface area contributed by atoms with Gasteiger partial charge in [-0.3, -0.25) is 0 Å². The summed E-state index contributed by atoms with van der Waals surface area (Å²) < 4.78 is 0. The zero-order valence-corrected chi connectivity index (χ0v) is 17.7. The highest BCUT2D eigenvalue weighted by Crippen LogP contribution is 2.20. The minimum atomic E-state index is 0.728. The molecule has 0 aliphatic carbocycles. The minimum absolute atomic E-state index is 0.728. The summed E-state index contributed by atoms with van der Waals surface area (Å²) in [5.74, 6) is 7.13. The summed E-state index contributed by atoms with van der Waals surface area (Å²) in [5, 5.41) is 4.12. The predicted octanol–water partition coefficient (Wildman–Crippen LogP) is 5.09. The van der Waals surface area contributed by atoms with E-state index in [0.717, 1.165) is 46.3 Å². The van der Waals surface area contributed by atoms with E-state index < -0.39 is 0 Å². The number of pyridine rings is 2. The van der Waals surface area contributed by atoms with Crippen LogP contribution in [0.1, 0.15) is 30.5 Å². The van der Waals surface area contributed by atoms with Crippen LogP contribution in [-0.4, -0.2) is 41.0 Å². The van der Waals surface area contributed by atoms with Crippen molar-refractivity contribution in [1.29, 1.82) is 0 Å². The third-order valence-electron chi connectivity index (χ3n) is 5.22. The van der Waals surface area contributed by atoms with Gasteiger partial charge in [0.05, 0.1) is 0 Å². The molecule has 1 N–H and O–H groups in total. The molecule has 3 heterocycles. The van der Waals surface area contributed by atoms with Crippen molar-refractivity contribution >= 4 is 17.4 Å². The van der Waals surface area contributed by atoms with Crippen LogP contribution in [-0.2, 0) is 0 Å². The lowest BCUT2D eigenvalue weighted by Gasteiger charge is -2.26. The van der Waals surface area contributed by atoms with Crippen molar-refractivity contribution < 1.29 is 0 Å². The molecule has 0 amide bonds. The standard InChI is InChI=1S/C25H25ClN4/c26-23-9-6-21(7-10-23)22-8-12-24(28-19-22)11-4-20-5-13-25(29-18-20)27-14-17-30-15-2-1-3-16-30/h5-10,12-13,18-19H,1-3,14-17H2,(H,27,29). The van der Waals surface area contributed by atoms with Gasteiger partial charge in [-0.1, -0.05) is 42.1 Å². The topological polar surface area (TPSA) is 41.0 Å². The highest BCUT2D eigenvalue weighted by molar-refractivity contribution is 6.30. The molecule has 0 spiro atoms. The van der Waals surface area contributed by atoms with Gasteiger partial charge in [-0.25, -0.2) is 9.97 Å². The molecular weight excluding hydrogens is 392 g/mol. The molecule has 1 aromatic carbocycles. The van der Waals surface area contributed by atoms with E-state index >= 15 is 0 Å². The van der Waals surface area contributed by atoms with Crippen LogP contribution in [0, 0.1) is 11.8 Å². The highest BCUT2D eigenvalue weighted by atomic mass is 35.5. The lowest BCUT2D eigenvalue weighted by Crippen LogP contribution is -2.33. The van der Waals surface area contributed by atoms with Crippen molar-refractivity contribution in [3.8, 4) is 23.0 Å². The Kier molecular flexibility index (Phi) is 6.97. The van der Waals surface area contributed by atoms with E-state index in [1.807, 2.05) is 54.7 Å². The monoisotopic (exact) mass is 416 g/mol. The summed E-state index contributed by atoms with van der Waals surface area (Å²) in [5.41, 5.74) is 3.73. The quantitative estimate of drug-likeness (QED) is 0.588. The molecule has 0 bridgehead atoms. The first-order valence-corrected chi connectivity index (χ1v) is 10.8. The van der Waals surface area contributed by atoms with Crippen molar-refractivity contribution in [2.45, 2.75) is 19.3 Å². The van der Waals surface area contributed by atoms with Crippen molar-refractivity contribution in [2.24, 2.45) is 0 Å². The Morgan fingerprint density at radius 2 is 1.63 bits per heavy atom. The van der Waals surface area contributed by atoms with E-state index in [-0.39, 0.29) is 0 Å². The summed E-state index contributed by atoms with van der Waals surface area (Å²) in [4.78, 5) is 11.4. The van der Waals surface area contributed by atoms with Gasteiger partial charge in [-0.05, 0) is 67.7 Å². The fourth-order valence-electron chi connectivity index (χ4n) is 3.51. The maximum atomic E-state index is 5.95. The van der Waals surface area contributed by atoms with Crippen LogP contribution in [0.4, 0.5) is 5.82 Å². The van der Waals surface area contributed by atoms with E-state index in [0.29, 0.717) is 0 Å². The molecule has 0 radical (unpaired) electrons. The summed E-state index contributed by atoms with van der Waals surface area (Å²) >= 11 is 5.95. The van der Waals surface area contributed by atoms with Gasteiger partial charge < -0.3 is 10.2 Å². The average Bonchev–Trinajstić information content (AvgIpc) is 2.80. The summed E-state index contributed by atoms with van der Waals surface area (Å²) in [6.45, 7) is 4.43. The van der Waals surface area contributed by atoms with Crippen molar-refractivity contribution in [1.82, 2.24) is 14.9 Å². The molecular formula is C25H25ClN4. The Bertz CT molecular complexity index is 996. The fraction of sp³-hybridized carbons (Fsp3) is 0.280. The number of nitrogens with zero attached hydrogens (tertiary/aromatic N) is 3. The second-order valence-electron chi connectivity index (χ2n) is 7.45. The molecule has 0 atom stereocenters. The first kappa shape index (κ1) is 20.4. The third kappa shape index (κ3) is 5.82. The molecule has 1 fully saturated rings. The van der Waals surface area contributed by atoms with E-state index in [4.69, 9.17) is 11.6 Å². The summed E-state index contributed by atoms with van der Waals surface area (Å²) in [7, 11) is 0. The Labute approximate surface area is 183 Å². The molecule has 3 aromatic rings. The maximum absolute atomic E-state index is 5.95. The van der Waals surface area contributed by atoms with Crippen molar-refractivity contribution in [2.75, 3.05) is 31.5 Å². The normalized spacial score (nSPS) is 14.0. The number of nitrogens with one attached hydrogen (secondary N) is 1. The molecule has 4 nitrogen and oxygen atoms in total. The largest absolute Gasteiger partial charge is 0.369 e. The first-order chi connectivity index (χ1) is 14.8. The van der Waals surface area contributed by atoms with Crippen LogP contribution < -0.4 is 5.32 Å². The zero-order chi connectivity index (χ0) is 20.6. The molecule has 4 rings (SSSR count). The van der Waals surface area contributed by atoms with Gasteiger partial charge in [0.2, 0.25) is 0 Å². The van der Waals surface area contributed by atoms with Crippen LogP contribution >= 0.6 is 11.6 Å². The Balaban J connectivity index is 1.30. The summed E-state index contributed by atoms with van der Waals surface area (Å²) in [6.07, 6.45) is 7.66. The molecule has 1 aliphatic rings. The van der Waals surface area contributed by atoms with E-state index in [2.05, 4.69) is 32.0 Å². The van der Waals surface area contributed by atoms with Crippen LogP contribution in [0.15, 0.2) is 60.9 Å². The third-order valence-corrected chi connectivity index (χ3v) is 5.47. The van der Waals surface area contributed by atoms with Crippen molar-refractivity contribution in [3.63, 3.8) is 0 Å². The minimum Gasteiger partial charge on any atom is -0.369 e. The molecule has 0 unspecified atom stereocenters. The fourth-order valence-corrected chi connectivity index (χ4v) is 3.64. The average molecular weight is 417 g/mol. The second kappa shape index (κ2) is 10.2. The smallest absolute Gasteiger partial charge is 0.126 e. The van der Waals surface area contributed by atoms with Gasteiger partial charge in [0.1, 0.15) is 11.5 Å². The van der Waals surface area contributed by atoms with Gasteiger partial charge in [-0.15, -0.1) is 0 Å². The molecule has 2 aromatic heterocycles. The molecule has 5 heteroatoms. The Hall–Kier alpha value is -2.87. The number of hydrogen-bond acceptors (Lipinski definition) is 4. The summed E-state index contributed by atoms with van der Waals surface area (Å²) in [6, 6.07) is 15.7. The molecule has 0 saturated carbocycles. The lowest BCUT2D eigenvalue weighted by atomic mass is 10.1. The van der Waals surface area contributed by atoms with Crippen LogP contribution in [0.25, 0.3) is 11.1 Å². The van der Waals surface area contributed by atoms with Gasteiger partial charge in [0.15, 0.2) is 0 Å². The Morgan fingerprint density at radius 3 is 2.33 bits per heavy atom. The van der Waals surface area contributed by atoms with Crippen molar-refractivity contribution in [3.05, 3.63) is 77.2 Å². The number of piperidine rings is 1. The zero-order valence-electron chi connectivity index (χ0n) is 16.9. The predicted molar refractivity (Wildman–Crippen MR) is 124 cm³/mol.